The molecule has 0 radical (unpaired) electrons. The van der Waals surface area contributed by atoms with Gasteiger partial charge in [0, 0.05) is 32.8 Å². The number of benzene rings is 1. The highest BCUT2D eigenvalue weighted by molar-refractivity contribution is 5.82. The third-order valence-electron chi connectivity index (χ3n) is 5.82. The van der Waals surface area contributed by atoms with Gasteiger partial charge in [-0.2, -0.15) is 0 Å². The topological polar surface area (TPSA) is 84.7 Å². The van der Waals surface area contributed by atoms with Crippen molar-refractivity contribution in [2.24, 2.45) is 17.1 Å². The number of hydrogen-bond donors (Lipinski definition) is 2. The lowest BCUT2D eigenvalue weighted by Crippen LogP contribution is -2.52. The average Bonchev–Trinajstić information content (AvgIpc) is 2.68. The van der Waals surface area contributed by atoms with Crippen molar-refractivity contribution in [3.63, 3.8) is 0 Å². The van der Waals surface area contributed by atoms with Crippen LogP contribution in [0.2, 0.25) is 0 Å². The molecule has 1 aromatic rings. The van der Waals surface area contributed by atoms with E-state index in [2.05, 4.69) is 29.6 Å². The second-order valence-electron chi connectivity index (χ2n) is 7.54. The summed E-state index contributed by atoms with van der Waals surface area (Å²) in [7, 11) is 0. The molecule has 0 unspecified atom stereocenters. The molecule has 0 saturated carbocycles. The first-order valence-corrected chi connectivity index (χ1v) is 9.53. The van der Waals surface area contributed by atoms with Gasteiger partial charge in [-0.25, -0.2) is 4.79 Å². The summed E-state index contributed by atoms with van der Waals surface area (Å²) in [6.45, 7) is 2.86. The van der Waals surface area contributed by atoms with E-state index in [4.69, 9.17) is 10.5 Å². The van der Waals surface area contributed by atoms with E-state index in [9.17, 15) is 9.59 Å². The Balaban J connectivity index is 1.45. The monoisotopic (exact) mass is 359 g/mol. The molecule has 0 spiro atoms. The van der Waals surface area contributed by atoms with Crippen LogP contribution >= 0.6 is 0 Å². The molecular weight excluding hydrogens is 330 g/mol. The van der Waals surface area contributed by atoms with Crippen molar-refractivity contribution >= 4 is 11.9 Å². The fourth-order valence-corrected chi connectivity index (χ4v) is 3.92. The Morgan fingerprint density at radius 1 is 1.15 bits per heavy atom. The van der Waals surface area contributed by atoms with Crippen LogP contribution in [0, 0.1) is 11.3 Å². The van der Waals surface area contributed by atoms with Gasteiger partial charge in [0.25, 0.3) is 0 Å². The molecule has 3 amide bonds. The van der Waals surface area contributed by atoms with Crippen molar-refractivity contribution in [1.82, 2.24) is 10.2 Å². The van der Waals surface area contributed by atoms with Crippen LogP contribution in [0.25, 0.3) is 0 Å². The molecule has 6 heteroatoms. The van der Waals surface area contributed by atoms with Crippen LogP contribution in [0.4, 0.5) is 4.79 Å². The van der Waals surface area contributed by atoms with E-state index in [1.165, 1.54) is 5.56 Å². The number of nitrogens with one attached hydrogen (secondary N) is 1. The van der Waals surface area contributed by atoms with E-state index < -0.39 is 5.41 Å². The van der Waals surface area contributed by atoms with Gasteiger partial charge < -0.3 is 20.7 Å². The molecule has 2 aliphatic rings. The normalized spacial score (nSPS) is 20.5. The van der Waals surface area contributed by atoms with Crippen LogP contribution in [-0.2, 0) is 16.0 Å². The van der Waals surface area contributed by atoms with Gasteiger partial charge in [0.05, 0.1) is 5.41 Å². The Labute approximate surface area is 155 Å². The quantitative estimate of drug-likeness (QED) is 0.842. The molecule has 2 saturated heterocycles. The average molecular weight is 359 g/mol. The van der Waals surface area contributed by atoms with Gasteiger partial charge in [-0.3, -0.25) is 4.79 Å². The smallest absolute Gasteiger partial charge is 0.317 e. The number of urea groups is 1. The first-order chi connectivity index (χ1) is 12.6. The Morgan fingerprint density at radius 2 is 1.81 bits per heavy atom. The first-order valence-electron chi connectivity index (χ1n) is 9.53. The molecule has 2 aliphatic heterocycles. The van der Waals surface area contributed by atoms with E-state index >= 15 is 0 Å². The Morgan fingerprint density at radius 3 is 2.42 bits per heavy atom. The summed E-state index contributed by atoms with van der Waals surface area (Å²) in [6, 6.07) is 10.4. The second kappa shape index (κ2) is 8.54. The van der Waals surface area contributed by atoms with Gasteiger partial charge in [0.1, 0.15) is 0 Å². The van der Waals surface area contributed by atoms with E-state index in [1.54, 1.807) is 0 Å². The fraction of sp³-hybridized carbons (Fsp3) is 0.600. The summed E-state index contributed by atoms with van der Waals surface area (Å²) in [6.07, 6.45) is 4.23. The molecular formula is C20H29N3O3. The number of likely N-dealkylation sites (tertiary alicyclic amines) is 1. The molecule has 1 aromatic carbocycles. The predicted octanol–water partition coefficient (Wildman–Crippen LogP) is 1.93. The van der Waals surface area contributed by atoms with E-state index in [0.717, 1.165) is 32.4 Å². The number of amides is 3. The molecule has 0 atom stereocenters. The van der Waals surface area contributed by atoms with Crippen LogP contribution in [0.5, 0.6) is 0 Å². The maximum Gasteiger partial charge on any atom is 0.317 e. The predicted molar refractivity (Wildman–Crippen MR) is 99.5 cm³/mol. The van der Waals surface area contributed by atoms with Crippen LogP contribution in [0.3, 0.4) is 0 Å². The molecule has 3 rings (SSSR count). The molecule has 6 nitrogen and oxygen atoms in total. The Hall–Kier alpha value is -2.08. The lowest BCUT2D eigenvalue weighted by Gasteiger charge is -2.36. The lowest BCUT2D eigenvalue weighted by atomic mass is 9.79. The highest BCUT2D eigenvalue weighted by Crippen LogP contribution is 2.29. The summed E-state index contributed by atoms with van der Waals surface area (Å²) in [4.78, 5) is 26.2. The molecule has 0 aromatic heterocycles. The number of piperidine rings is 1. The molecule has 2 fully saturated rings. The third-order valence-corrected chi connectivity index (χ3v) is 5.82. The third kappa shape index (κ3) is 4.55. The van der Waals surface area contributed by atoms with Crippen molar-refractivity contribution < 1.29 is 14.3 Å². The highest BCUT2D eigenvalue weighted by Gasteiger charge is 2.39. The van der Waals surface area contributed by atoms with Gasteiger partial charge in [0.15, 0.2) is 0 Å². The van der Waals surface area contributed by atoms with Crippen LogP contribution in [-0.4, -0.2) is 49.7 Å². The Bertz CT molecular complexity index is 606. The molecule has 2 heterocycles. The van der Waals surface area contributed by atoms with Gasteiger partial charge in [0.2, 0.25) is 5.91 Å². The molecule has 142 valence electrons. The number of primary amides is 1. The number of nitrogens with zero attached hydrogens (tertiary/aromatic N) is 1. The molecule has 26 heavy (non-hydrogen) atoms. The van der Waals surface area contributed by atoms with E-state index in [0.29, 0.717) is 38.5 Å². The SMILES string of the molecule is NC(=O)C1(CNC(=O)N2CCC(Cc3ccccc3)CC2)CCOCC1. The number of carbonyl (C=O) groups excluding carboxylic acids is 2. The molecule has 0 bridgehead atoms. The largest absolute Gasteiger partial charge is 0.381 e. The number of rotatable bonds is 5. The lowest BCUT2D eigenvalue weighted by molar-refractivity contribution is -0.132. The van der Waals surface area contributed by atoms with Crippen molar-refractivity contribution in [2.45, 2.75) is 32.1 Å². The number of ether oxygens (including phenoxy) is 1. The molecule has 0 aliphatic carbocycles. The van der Waals surface area contributed by atoms with Crippen LogP contribution in [0.15, 0.2) is 30.3 Å². The zero-order chi connectivity index (χ0) is 18.4. The van der Waals surface area contributed by atoms with Crippen molar-refractivity contribution in [2.75, 3.05) is 32.8 Å². The number of nitrogens with two attached hydrogens (primary N) is 1. The van der Waals surface area contributed by atoms with E-state index in [-0.39, 0.29) is 11.9 Å². The molecule has 3 N–H and O–H groups in total. The van der Waals surface area contributed by atoms with Crippen LogP contribution in [0.1, 0.15) is 31.2 Å². The summed E-state index contributed by atoms with van der Waals surface area (Å²) in [5.74, 6) is 0.275. The zero-order valence-corrected chi connectivity index (χ0v) is 15.3. The summed E-state index contributed by atoms with van der Waals surface area (Å²) < 4.78 is 5.33. The zero-order valence-electron chi connectivity index (χ0n) is 15.3. The van der Waals surface area contributed by atoms with Gasteiger partial charge in [-0.1, -0.05) is 30.3 Å². The first kappa shape index (κ1) is 18.7. The standard InChI is InChI=1S/C20H29N3O3/c21-18(24)20(8-12-26-13-9-20)15-22-19(25)23-10-6-17(7-11-23)14-16-4-2-1-3-5-16/h1-5,17H,6-15H2,(H2,21,24)(H,22,25). The van der Waals surface area contributed by atoms with E-state index in [1.807, 2.05) is 11.0 Å². The van der Waals surface area contributed by atoms with Crippen molar-refractivity contribution in [3.8, 4) is 0 Å². The number of hydrogen-bond acceptors (Lipinski definition) is 3. The minimum absolute atomic E-state index is 0.0877. The summed E-state index contributed by atoms with van der Waals surface area (Å²) in [5.41, 5.74) is 6.29. The van der Waals surface area contributed by atoms with Crippen LogP contribution < -0.4 is 11.1 Å². The second-order valence-corrected chi connectivity index (χ2v) is 7.54. The maximum atomic E-state index is 12.5. The van der Waals surface area contributed by atoms with Gasteiger partial charge in [-0.05, 0) is 43.6 Å². The van der Waals surface area contributed by atoms with Crippen molar-refractivity contribution in [1.29, 1.82) is 0 Å². The summed E-state index contributed by atoms with van der Waals surface area (Å²) in [5, 5.41) is 2.94. The number of carbonyl (C=O) groups is 2. The highest BCUT2D eigenvalue weighted by atomic mass is 16.5. The minimum Gasteiger partial charge on any atom is -0.381 e. The van der Waals surface area contributed by atoms with Crippen molar-refractivity contribution in [3.05, 3.63) is 35.9 Å². The fourth-order valence-electron chi connectivity index (χ4n) is 3.92. The summed E-state index contributed by atoms with van der Waals surface area (Å²) >= 11 is 0. The maximum absolute atomic E-state index is 12.5. The minimum atomic E-state index is -0.667. The van der Waals surface area contributed by atoms with Gasteiger partial charge >= 0.3 is 6.03 Å². The Kier molecular flexibility index (Phi) is 6.14. The van der Waals surface area contributed by atoms with Gasteiger partial charge in [-0.15, -0.1) is 0 Å².